The van der Waals surface area contributed by atoms with Gasteiger partial charge in [-0.1, -0.05) is 23.7 Å². The van der Waals surface area contributed by atoms with E-state index < -0.39 is 18.1 Å². The fourth-order valence-electron chi connectivity index (χ4n) is 3.12. The number of morpholine rings is 1. The summed E-state index contributed by atoms with van der Waals surface area (Å²) in [6.45, 7) is 2.24. The lowest BCUT2D eigenvalue weighted by molar-refractivity contribution is -0.167. The molecule has 0 aromatic heterocycles. The molecule has 3 unspecified atom stereocenters. The van der Waals surface area contributed by atoms with Crippen LogP contribution in [0.1, 0.15) is 24.9 Å². The summed E-state index contributed by atoms with van der Waals surface area (Å²) < 4.78 is 5.35. The van der Waals surface area contributed by atoms with Crippen LogP contribution in [0.5, 0.6) is 0 Å². The number of carbonyl (C=O) groups excluding carboxylic acids is 1. The Kier molecular flexibility index (Phi) is 5.05. The molecule has 2 aliphatic rings. The van der Waals surface area contributed by atoms with E-state index in [1.165, 1.54) is 0 Å². The molecule has 8 heteroatoms. The molecule has 1 aromatic rings. The quantitative estimate of drug-likeness (QED) is 0.749. The number of amides is 1. The van der Waals surface area contributed by atoms with Gasteiger partial charge in [-0.2, -0.15) is 0 Å². The summed E-state index contributed by atoms with van der Waals surface area (Å²) in [4.78, 5) is 25.4. The maximum Gasteiger partial charge on any atom is 0.334 e. The Morgan fingerprint density at radius 2 is 1.96 bits per heavy atom. The molecule has 2 aliphatic heterocycles. The second kappa shape index (κ2) is 7.06. The van der Waals surface area contributed by atoms with E-state index >= 15 is 0 Å². The number of nitrogens with zero attached hydrogens (tertiary/aromatic N) is 1. The van der Waals surface area contributed by atoms with Crippen molar-refractivity contribution in [2.45, 2.75) is 37.6 Å². The van der Waals surface area contributed by atoms with Gasteiger partial charge in [0.2, 0.25) is 5.91 Å². The third-order valence-electron chi connectivity index (χ3n) is 4.32. The highest BCUT2D eigenvalue weighted by atomic mass is 35.5. The van der Waals surface area contributed by atoms with Crippen LogP contribution in [0.15, 0.2) is 24.3 Å². The van der Waals surface area contributed by atoms with Crippen molar-refractivity contribution in [2.24, 2.45) is 0 Å². The van der Waals surface area contributed by atoms with Crippen LogP contribution in [0, 0.1) is 0 Å². The van der Waals surface area contributed by atoms with E-state index in [-0.39, 0.29) is 24.6 Å². The lowest BCUT2D eigenvalue weighted by Gasteiger charge is -2.36. The summed E-state index contributed by atoms with van der Waals surface area (Å²) in [6, 6.07) is 7.08. The maximum atomic E-state index is 12.7. The van der Waals surface area contributed by atoms with Crippen LogP contribution in [0.25, 0.3) is 0 Å². The highest BCUT2D eigenvalue weighted by Gasteiger charge is 2.38. The van der Waals surface area contributed by atoms with Crippen molar-refractivity contribution in [3.63, 3.8) is 0 Å². The number of hydrazine groups is 1. The normalized spacial score (nSPS) is 30.3. The fourth-order valence-corrected chi connectivity index (χ4v) is 3.25. The number of halogens is 1. The number of hydrogen-bond acceptors (Lipinski definition) is 5. The van der Waals surface area contributed by atoms with Gasteiger partial charge in [-0.3, -0.25) is 4.79 Å². The van der Waals surface area contributed by atoms with Gasteiger partial charge in [-0.15, -0.1) is 0 Å². The molecule has 0 radical (unpaired) electrons. The molecular weight excluding hydrogens is 334 g/mol. The number of hydrogen-bond donors (Lipinski definition) is 3. The van der Waals surface area contributed by atoms with E-state index in [0.29, 0.717) is 18.0 Å². The molecule has 1 amide bonds. The molecule has 7 nitrogen and oxygen atoms in total. The average Bonchev–Trinajstić information content (AvgIpc) is 3.04. The van der Waals surface area contributed by atoms with Gasteiger partial charge in [0.05, 0.1) is 12.6 Å². The predicted octanol–water partition coefficient (Wildman–Crippen LogP) is 0.948. The van der Waals surface area contributed by atoms with Crippen molar-refractivity contribution >= 4 is 23.5 Å². The Balaban J connectivity index is 1.63. The van der Waals surface area contributed by atoms with Crippen molar-refractivity contribution in [2.75, 3.05) is 13.1 Å². The molecule has 2 fully saturated rings. The number of aliphatic carboxylic acids is 1. The van der Waals surface area contributed by atoms with Crippen LogP contribution < -0.4 is 10.9 Å². The Labute approximate surface area is 144 Å². The number of carboxylic acid groups (broad SMARTS) is 1. The van der Waals surface area contributed by atoms with Crippen LogP contribution in [0.2, 0.25) is 5.02 Å². The van der Waals surface area contributed by atoms with Gasteiger partial charge >= 0.3 is 5.97 Å². The number of nitrogens with one attached hydrogen (secondary N) is 2. The Morgan fingerprint density at radius 3 is 2.62 bits per heavy atom. The first-order valence-corrected chi connectivity index (χ1v) is 8.25. The molecule has 0 aliphatic carbocycles. The summed E-state index contributed by atoms with van der Waals surface area (Å²) in [5.74, 6) is -1.16. The molecule has 2 saturated heterocycles. The predicted molar refractivity (Wildman–Crippen MR) is 87.4 cm³/mol. The second-order valence-corrected chi connectivity index (χ2v) is 6.63. The minimum absolute atomic E-state index is 0.00458. The van der Waals surface area contributed by atoms with Crippen LogP contribution >= 0.6 is 11.6 Å². The topological polar surface area (TPSA) is 90.9 Å². The summed E-state index contributed by atoms with van der Waals surface area (Å²) >= 11 is 5.90. The van der Waals surface area contributed by atoms with E-state index in [4.69, 9.17) is 21.4 Å². The maximum absolute atomic E-state index is 12.7. The zero-order valence-corrected chi connectivity index (χ0v) is 14.0. The second-order valence-electron chi connectivity index (χ2n) is 6.20. The van der Waals surface area contributed by atoms with Gasteiger partial charge in [0, 0.05) is 17.6 Å². The summed E-state index contributed by atoms with van der Waals surface area (Å²) in [6.07, 6.45) is -0.687. The monoisotopic (exact) mass is 353 g/mol. The van der Waals surface area contributed by atoms with Gasteiger partial charge in [-0.25, -0.2) is 15.6 Å². The zero-order chi connectivity index (χ0) is 17.3. The van der Waals surface area contributed by atoms with E-state index in [0.717, 1.165) is 5.56 Å². The minimum Gasteiger partial charge on any atom is -0.479 e. The van der Waals surface area contributed by atoms with Gasteiger partial charge in [-0.05, 0) is 31.0 Å². The van der Waals surface area contributed by atoms with Crippen molar-refractivity contribution < 1.29 is 19.4 Å². The smallest absolute Gasteiger partial charge is 0.334 e. The number of benzene rings is 1. The molecule has 0 spiro atoms. The Bertz CT molecular complexity index is 624. The van der Waals surface area contributed by atoms with Crippen molar-refractivity contribution in [3.05, 3.63) is 34.9 Å². The van der Waals surface area contributed by atoms with Crippen LogP contribution in [0.3, 0.4) is 0 Å². The number of rotatable bonds is 3. The largest absolute Gasteiger partial charge is 0.479 e. The molecule has 3 N–H and O–H groups in total. The van der Waals surface area contributed by atoms with Gasteiger partial charge in [0.25, 0.3) is 0 Å². The zero-order valence-electron chi connectivity index (χ0n) is 13.2. The third-order valence-corrected chi connectivity index (χ3v) is 4.57. The first-order chi connectivity index (χ1) is 11.4. The summed E-state index contributed by atoms with van der Waals surface area (Å²) in [5, 5.41) is 9.80. The highest BCUT2D eigenvalue weighted by molar-refractivity contribution is 6.30. The van der Waals surface area contributed by atoms with E-state index in [2.05, 4.69) is 10.9 Å². The highest BCUT2D eigenvalue weighted by Crippen LogP contribution is 2.25. The molecule has 24 heavy (non-hydrogen) atoms. The SMILES string of the molecule is C[C@@H]1CN(C(=O)C2CC(c3ccc(Cl)cc3)NN2)CC(C(=O)O)O1. The van der Waals surface area contributed by atoms with Crippen LogP contribution in [0.4, 0.5) is 0 Å². The van der Waals surface area contributed by atoms with E-state index in [1.807, 2.05) is 24.3 Å². The number of carbonyl (C=O) groups is 2. The van der Waals surface area contributed by atoms with Crippen LogP contribution in [-0.4, -0.2) is 53.2 Å². The first kappa shape index (κ1) is 17.2. The molecule has 130 valence electrons. The Hall–Kier alpha value is -1.67. The third kappa shape index (κ3) is 3.70. The van der Waals surface area contributed by atoms with Crippen molar-refractivity contribution in [3.8, 4) is 0 Å². The van der Waals surface area contributed by atoms with Gasteiger partial charge in [0.1, 0.15) is 6.04 Å². The molecule has 3 rings (SSSR count). The molecule has 0 bridgehead atoms. The lowest BCUT2D eigenvalue weighted by Crippen LogP contribution is -2.55. The molecule has 4 atom stereocenters. The molecule has 2 heterocycles. The van der Waals surface area contributed by atoms with E-state index in [9.17, 15) is 9.59 Å². The minimum atomic E-state index is -1.05. The van der Waals surface area contributed by atoms with E-state index in [1.54, 1.807) is 11.8 Å². The molecule has 0 saturated carbocycles. The summed E-state index contributed by atoms with van der Waals surface area (Å²) in [7, 11) is 0. The fraction of sp³-hybridized carbons (Fsp3) is 0.500. The summed E-state index contributed by atoms with van der Waals surface area (Å²) in [5.41, 5.74) is 7.18. The van der Waals surface area contributed by atoms with Gasteiger partial charge < -0.3 is 14.7 Å². The Morgan fingerprint density at radius 1 is 1.25 bits per heavy atom. The first-order valence-electron chi connectivity index (χ1n) is 7.87. The van der Waals surface area contributed by atoms with Crippen molar-refractivity contribution in [1.82, 2.24) is 15.8 Å². The average molecular weight is 354 g/mol. The lowest BCUT2D eigenvalue weighted by atomic mass is 10.0. The number of ether oxygens (including phenoxy) is 1. The molecular formula is C16H20ClN3O4. The van der Waals surface area contributed by atoms with Gasteiger partial charge in [0.15, 0.2) is 6.10 Å². The molecule has 1 aromatic carbocycles. The number of carboxylic acids is 1. The van der Waals surface area contributed by atoms with Crippen LogP contribution in [-0.2, 0) is 14.3 Å². The standard InChI is InChI=1S/C16H20ClN3O4/c1-9-7-20(8-14(24-9)16(22)23)15(21)13-6-12(18-19-13)10-2-4-11(17)5-3-10/h2-5,9,12-14,18-19H,6-8H2,1H3,(H,22,23)/t9-,12?,13?,14?/m1/s1. The van der Waals surface area contributed by atoms with Crippen molar-refractivity contribution in [1.29, 1.82) is 0 Å².